The maximum Gasteiger partial charge on any atom is 0.466 e. The number of rotatable bonds is 1. The van der Waals surface area contributed by atoms with E-state index < -0.39 is 22.0 Å². The minimum atomic E-state index is -5.01. The maximum atomic E-state index is 12.5. The van der Waals surface area contributed by atoms with Crippen LogP contribution in [0.25, 0.3) is 0 Å². The Balaban J connectivity index is 3.25. The van der Waals surface area contributed by atoms with E-state index in [4.69, 9.17) is 11.6 Å². The van der Waals surface area contributed by atoms with E-state index in [0.717, 1.165) is 12.2 Å². The zero-order valence-electron chi connectivity index (χ0n) is 6.66. The third-order valence-electron chi connectivity index (χ3n) is 1.92. The lowest BCUT2D eigenvalue weighted by Crippen LogP contribution is -2.56. The number of nitrogens with zero attached hydrogens (tertiary/aromatic N) is 1. The van der Waals surface area contributed by atoms with Gasteiger partial charge in [-0.05, 0) is 0 Å². The van der Waals surface area contributed by atoms with Gasteiger partial charge in [0.25, 0.3) is 0 Å². The highest BCUT2D eigenvalue weighted by Gasteiger charge is 2.68. The number of allylic oxidation sites excluding steroid dienone is 2. The first-order valence-electron chi connectivity index (χ1n) is 3.53. The molecule has 0 saturated heterocycles. The molecule has 0 aliphatic heterocycles. The van der Waals surface area contributed by atoms with Gasteiger partial charge in [0, 0.05) is 11.0 Å². The topological polar surface area (TPSA) is 43.1 Å². The van der Waals surface area contributed by atoms with Crippen LogP contribution >= 0.6 is 11.6 Å². The Kier molecular flexibility index (Phi) is 2.58. The van der Waals surface area contributed by atoms with Crippen LogP contribution < -0.4 is 0 Å². The quantitative estimate of drug-likeness (QED) is 0.392. The van der Waals surface area contributed by atoms with Gasteiger partial charge in [-0.25, -0.2) is 0 Å². The average molecular weight is 228 g/mol. The van der Waals surface area contributed by atoms with Gasteiger partial charge >= 0.3 is 11.7 Å². The highest BCUT2D eigenvalue weighted by atomic mass is 35.5. The Morgan fingerprint density at radius 1 is 1.43 bits per heavy atom. The lowest BCUT2D eigenvalue weighted by Gasteiger charge is -2.28. The van der Waals surface area contributed by atoms with Crippen LogP contribution in [0.3, 0.4) is 0 Å². The molecule has 3 nitrogen and oxygen atoms in total. The van der Waals surface area contributed by atoms with Crippen LogP contribution in [0.5, 0.6) is 0 Å². The van der Waals surface area contributed by atoms with Crippen LogP contribution in [0, 0.1) is 10.1 Å². The molecule has 0 bridgehead atoms. The standard InChI is InChI=1S/C7H5ClF3NO2/c8-5-3-1-2-4-6(5,12(13)14)7(9,10)11/h1-5H. The third kappa shape index (κ3) is 1.39. The summed E-state index contributed by atoms with van der Waals surface area (Å²) in [7, 11) is 0. The Morgan fingerprint density at radius 3 is 2.29 bits per heavy atom. The Bertz CT molecular complexity index is 313. The lowest BCUT2D eigenvalue weighted by molar-refractivity contribution is -0.595. The first kappa shape index (κ1) is 11.0. The molecule has 0 N–H and O–H groups in total. The van der Waals surface area contributed by atoms with Crippen molar-refractivity contribution in [3.63, 3.8) is 0 Å². The van der Waals surface area contributed by atoms with Crippen molar-refractivity contribution in [1.29, 1.82) is 0 Å². The van der Waals surface area contributed by atoms with Gasteiger partial charge in [-0.2, -0.15) is 13.2 Å². The molecular formula is C7H5ClF3NO2. The molecule has 14 heavy (non-hydrogen) atoms. The first-order valence-corrected chi connectivity index (χ1v) is 3.97. The highest BCUT2D eigenvalue weighted by Crippen LogP contribution is 2.41. The van der Waals surface area contributed by atoms with Crippen LogP contribution in [-0.4, -0.2) is 22.0 Å². The van der Waals surface area contributed by atoms with Crippen molar-refractivity contribution in [1.82, 2.24) is 0 Å². The zero-order valence-corrected chi connectivity index (χ0v) is 7.42. The van der Waals surface area contributed by atoms with Crippen molar-refractivity contribution in [2.75, 3.05) is 0 Å². The normalized spacial score (nSPS) is 31.9. The van der Waals surface area contributed by atoms with Gasteiger partial charge in [0.2, 0.25) is 0 Å². The second-order valence-corrected chi connectivity index (χ2v) is 3.20. The van der Waals surface area contributed by atoms with Gasteiger partial charge in [-0.3, -0.25) is 10.1 Å². The summed E-state index contributed by atoms with van der Waals surface area (Å²) in [5.41, 5.74) is -3.21. The minimum absolute atomic E-state index is 0.463. The van der Waals surface area contributed by atoms with E-state index in [-0.39, 0.29) is 0 Å². The second kappa shape index (κ2) is 3.27. The van der Waals surface area contributed by atoms with E-state index in [1.165, 1.54) is 6.08 Å². The van der Waals surface area contributed by atoms with Gasteiger partial charge in [0.05, 0.1) is 0 Å². The van der Waals surface area contributed by atoms with Crippen molar-refractivity contribution in [2.24, 2.45) is 0 Å². The number of halogens is 4. The lowest BCUT2D eigenvalue weighted by atomic mass is 9.91. The van der Waals surface area contributed by atoms with Crippen molar-refractivity contribution in [3.05, 3.63) is 34.4 Å². The van der Waals surface area contributed by atoms with Crippen molar-refractivity contribution >= 4 is 11.6 Å². The predicted molar refractivity (Wildman–Crippen MR) is 43.7 cm³/mol. The highest BCUT2D eigenvalue weighted by molar-refractivity contribution is 6.23. The van der Waals surface area contributed by atoms with Crippen LogP contribution in [0.15, 0.2) is 24.3 Å². The molecule has 2 atom stereocenters. The molecular weight excluding hydrogens is 223 g/mol. The Hall–Kier alpha value is -1.04. The molecule has 0 spiro atoms. The molecule has 0 aromatic rings. The molecule has 0 saturated carbocycles. The third-order valence-corrected chi connectivity index (χ3v) is 2.40. The van der Waals surface area contributed by atoms with Gasteiger partial charge < -0.3 is 0 Å². The molecule has 1 rings (SSSR count). The van der Waals surface area contributed by atoms with Crippen LogP contribution in [-0.2, 0) is 0 Å². The predicted octanol–water partition coefficient (Wildman–Crippen LogP) is 2.30. The van der Waals surface area contributed by atoms with Gasteiger partial charge in [-0.15, -0.1) is 11.6 Å². The van der Waals surface area contributed by atoms with Gasteiger partial charge in [0.1, 0.15) is 5.38 Å². The zero-order chi connectivity index (χ0) is 11.0. The molecule has 2 unspecified atom stereocenters. The van der Waals surface area contributed by atoms with E-state index in [0.29, 0.717) is 6.08 Å². The summed E-state index contributed by atoms with van der Waals surface area (Å²) in [4.78, 5) is 9.04. The van der Waals surface area contributed by atoms with Crippen LogP contribution in [0.4, 0.5) is 13.2 Å². The van der Waals surface area contributed by atoms with E-state index >= 15 is 0 Å². The summed E-state index contributed by atoms with van der Waals surface area (Å²) in [6.07, 6.45) is -1.40. The molecule has 1 aliphatic carbocycles. The number of nitro groups is 1. The fourth-order valence-electron chi connectivity index (χ4n) is 1.12. The largest absolute Gasteiger partial charge is 0.466 e. The van der Waals surface area contributed by atoms with E-state index in [2.05, 4.69) is 0 Å². The van der Waals surface area contributed by atoms with Crippen molar-refractivity contribution < 1.29 is 18.1 Å². The molecule has 0 aromatic carbocycles. The molecule has 0 radical (unpaired) electrons. The minimum Gasteiger partial charge on any atom is -0.263 e. The summed E-state index contributed by atoms with van der Waals surface area (Å²) < 4.78 is 37.5. The smallest absolute Gasteiger partial charge is 0.263 e. The van der Waals surface area contributed by atoms with E-state index in [1.807, 2.05) is 0 Å². The SMILES string of the molecule is O=[N+]([O-])C1(C(F)(F)F)C=CC=CC1Cl. The van der Waals surface area contributed by atoms with E-state index in [1.54, 1.807) is 0 Å². The molecule has 1 aliphatic rings. The number of hydrogen-bond acceptors (Lipinski definition) is 2. The fourth-order valence-corrected chi connectivity index (χ4v) is 1.48. The van der Waals surface area contributed by atoms with Gasteiger partial charge in [0.15, 0.2) is 0 Å². The molecule has 0 heterocycles. The molecule has 7 heteroatoms. The average Bonchev–Trinajstić information content (AvgIpc) is 2.02. The summed E-state index contributed by atoms with van der Waals surface area (Å²) in [6, 6.07) is 0. The maximum absolute atomic E-state index is 12.5. The summed E-state index contributed by atoms with van der Waals surface area (Å²) in [5, 5.41) is 8.73. The number of alkyl halides is 4. The summed E-state index contributed by atoms with van der Waals surface area (Å²) in [6.45, 7) is 0. The first-order chi connectivity index (χ1) is 6.32. The van der Waals surface area contributed by atoms with Crippen LogP contribution in [0.1, 0.15) is 0 Å². The Morgan fingerprint density at radius 2 is 2.00 bits per heavy atom. The van der Waals surface area contributed by atoms with E-state index in [9.17, 15) is 23.3 Å². The molecule has 0 amide bonds. The summed E-state index contributed by atoms with van der Waals surface area (Å²) >= 11 is 5.32. The summed E-state index contributed by atoms with van der Waals surface area (Å²) in [5.74, 6) is 0. The van der Waals surface area contributed by atoms with Crippen LogP contribution in [0.2, 0.25) is 0 Å². The fraction of sp³-hybridized carbons (Fsp3) is 0.429. The molecule has 78 valence electrons. The molecule has 0 fully saturated rings. The van der Waals surface area contributed by atoms with Gasteiger partial charge in [-0.1, -0.05) is 18.2 Å². The van der Waals surface area contributed by atoms with Crippen molar-refractivity contribution in [2.45, 2.75) is 17.1 Å². The monoisotopic (exact) mass is 227 g/mol. The Labute approximate surface area is 82.0 Å². The second-order valence-electron chi connectivity index (χ2n) is 2.73. The molecule has 0 aromatic heterocycles. The number of hydrogen-bond donors (Lipinski definition) is 0. The van der Waals surface area contributed by atoms with Crippen molar-refractivity contribution in [3.8, 4) is 0 Å².